The Balaban J connectivity index is 1.61. The van der Waals surface area contributed by atoms with Gasteiger partial charge in [0.25, 0.3) is 5.91 Å². The Morgan fingerprint density at radius 1 is 1.25 bits per heavy atom. The minimum Gasteiger partial charge on any atom is -0.469 e. The third-order valence-electron chi connectivity index (χ3n) is 5.01. The van der Waals surface area contributed by atoms with Gasteiger partial charge in [-0.1, -0.05) is 5.16 Å². The molecule has 3 N–H and O–H groups in total. The summed E-state index contributed by atoms with van der Waals surface area (Å²) in [4.78, 5) is 39.5. The van der Waals surface area contributed by atoms with E-state index in [0.717, 1.165) is 0 Å². The minimum atomic E-state index is -0.897. The van der Waals surface area contributed by atoms with Crippen LogP contribution in [0.3, 0.4) is 0 Å². The van der Waals surface area contributed by atoms with E-state index in [9.17, 15) is 14.4 Å². The van der Waals surface area contributed by atoms with E-state index in [1.54, 1.807) is 29.2 Å². The van der Waals surface area contributed by atoms with Crippen molar-refractivity contribution in [2.24, 2.45) is 16.8 Å². The van der Waals surface area contributed by atoms with Crippen molar-refractivity contribution in [1.29, 1.82) is 0 Å². The average Bonchev–Trinajstić information content (AvgIpc) is 3.13. The largest absolute Gasteiger partial charge is 0.469 e. The Hall–Kier alpha value is -3.30. The summed E-state index contributed by atoms with van der Waals surface area (Å²) in [5.74, 6) is -0.780. The third-order valence-corrected chi connectivity index (χ3v) is 5.01. The molecule has 1 aromatic carbocycles. The molecule has 10 heteroatoms. The first-order valence-electron chi connectivity index (χ1n) is 8.87. The van der Waals surface area contributed by atoms with Gasteiger partial charge in [0.15, 0.2) is 11.9 Å². The number of cyclic esters (lactones) is 1. The molecule has 1 atom stereocenters. The van der Waals surface area contributed by atoms with Crippen LogP contribution in [0, 0.1) is 5.92 Å². The normalized spacial score (nSPS) is 20.8. The van der Waals surface area contributed by atoms with Gasteiger partial charge < -0.3 is 25.3 Å². The number of esters is 1. The minimum absolute atomic E-state index is 0.0426. The second kappa shape index (κ2) is 8.15. The van der Waals surface area contributed by atoms with Crippen LogP contribution >= 0.6 is 0 Å². The standard InChI is InChI=1S/C18H22N4O6/c1-27-17(24)12-6-8-21(9-7-12)16(23)14-10-22(18(25)28-14)13-4-2-11(3-5-13)15(19)20-26/h2-5,12,14,26H,6-10H2,1H3,(H2,19,20). The van der Waals surface area contributed by atoms with Gasteiger partial charge in [-0.25, -0.2) is 4.79 Å². The van der Waals surface area contributed by atoms with E-state index in [-0.39, 0.29) is 30.2 Å². The molecule has 2 aliphatic heterocycles. The van der Waals surface area contributed by atoms with Crippen molar-refractivity contribution in [2.45, 2.75) is 18.9 Å². The number of carbonyl (C=O) groups is 3. The molecule has 0 bridgehead atoms. The molecular formula is C18H22N4O6. The van der Waals surface area contributed by atoms with Crippen LogP contribution in [0.4, 0.5) is 10.5 Å². The molecule has 3 rings (SSSR count). The number of nitrogens with zero attached hydrogens (tertiary/aromatic N) is 3. The number of methoxy groups -OCH3 is 1. The number of carbonyl (C=O) groups excluding carboxylic acids is 3. The quantitative estimate of drug-likeness (QED) is 0.251. The van der Waals surface area contributed by atoms with E-state index < -0.39 is 12.2 Å². The molecule has 28 heavy (non-hydrogen) atoms. The number of oxime groups is 1. The third kappa shape index (κ3) is 3.85. The summed E-state index contributed by atoms with van der Waals surface area (Å²) in [7, 11) is 1.35. The number of rotatable bonds is 4. The van der Waals surface area contributed by atoms with E-state index in [2.05, 4.69) is 5.16 Å². The van der Waals surface area contributed by atoms with E-state index in [0.29, 0.717) is 37.2 Å². The Morgan fingerprint density at radius 3 is 2.46 bits per heavy atom. The first kappa shape index (κ1) is 19.5. The number of amides is 2. The van der Waals surface area contributed by atoms with Gasteiger partial charge >= 0.3 is 12.1 Å². The predicted octanol–water partition coefficient (Wildman–Crippen LogP) is 0.518. The molecule has 0 radical (unpaired) electrons. The molecule has 0 spiro atoms. The molecule has 150 valence electrons. The second-order valence-electron chi connectivity index (χ2n) is 6.64. The molecule has 2 fully saturated rings. The fourth-order valence-corrected chi connectivity index (χ4v) is 3.38. The molecule has 2 saturated heterocycles. The fraction of sp³-hybridized carbons (Fsp3) is 0.444. The number of amidine groups is 1. The molecule has 2 amide bonds. The van der Waals surface area contributed by atoms with Crippen LogP contribution < -0.4 is 10.6 Å². The van der Waals surface area contributed by atoms with E-state index >= 15 is 0 Å². The molecule has 2 heterocycles. The first-order valence-corrected chi connectivity index (χ1v) is 8.87. The number of ether oxygens (including phenoxy) is 2. The molecule has 1 unspecified atom stereocenters. The van der Waals surface area contributed by atoms with Gasteiger partial charge in [0.1, 0.15) is 0 Å². The van der Waals surface area contributed by atoms with Gasteiger partial charge in [-0.3, -0.25) is 14.5 Å². The van der Waals surface area contributed by atoms with Gasteiger partial charge in [-0.15, -0.1) is 0 Å². The van der Waals surface area contributed by atoms with Gasteiger partial charge in [-0.2, -0.15) is 0 Å². The summed E-state index contributed by atoms with van der Waals surface area (Å²) >= 11 is 0. The summed E-state index contributed by atoms with van der Waals surface area (Å²) < 4.78 is 10.00. The number of piperidine rings is 1. The Kier molecular flexibility index (Phi) is 5.67. The van der Waals surface area contributed by atoms with Crippen molar-refractivity contribution in [3.63, 3.8) is 0 Å². The van der Waals surface area contributed by atoms with E-state index in [1.165, 1.54) is 12.0 Å². The number of benzene rings is 1. The van der Waals surface area contributed by atoms with Crippen molar-refractivity contribution >= 4 is 29.5 Å². The number of hydrogen-bond donors (Lipinski definition) is 2. The fourth-order valence-electron chi connectivity index (χ4n) is 3.38. The van der Waals surface area contributed by atoms with Crippen LogP contribution in [-0.4, -0.2) is 66.8 Å². The molecule has 0 aromatic heterocycles. The summed E-state index contributed by atoms with van der Waals surface area (Å²) in [6, 6.07) is 6.46. The Bertz CT molecular complexity index is 786. The lowest BCUT2D eigenvalue weighted by atomic mass is 9.96. The first-order chi connectivity index (χ1) is 13.4. The van der Waals surface area contributed by atoms with Crippen molar-refractivity contribution in [3.05, 3.63) is 29.8 Å². The number of anilines is 1. The van der Waals surface area contributed by atoms with E-state index in [4.69, 9.17) is 20.4 Å². The maximum Gasteiger partial charge on any atom is 0.415 e. The lowest BCUT2D eigenvalue weighted by Crippen LogP contribution is -2.46. The van der Waals surface area contributed by atoms with Crippen LogP contribution in [0.1, 0.15) is 18.4 Å². The highest BCUT2D eigenvalue weighted by atomic mass is 16.6. The van der Waals surface area contributed by atoms with Crippen LogP contribution in [-0.2, 0) is 19.1 Å². The topological polar surface area (TPSA) is 135 Å². The van der Waals surface area contributed by atoms with Gasteiger partial charge in [0.05, 0.1) is 19.6 Å². The van der Waals surface area contributed by atoms with E-state index in [1.807, 2.05) is 0 Å². The molecular weight excluding hydrogens is 368 g/mol. The monoisotopic (exact) mass is 390 g/mol. The van der Waals surface area contributed by atoms with Gasteiger partial charge in [-0.05, 0) is 37.1 Å². The SMILES string of the molecule is COC(=O)C1CCN(C(=O)C2CN(c3ccc(C(N)=NO)cc3)C(=O)O2)CC1. The molecule has 0 saturated carbocycles. The van der Waals surface area contributed by atoms with Gasteiger partial charge in [0.2, 0.25) is 0 Å². The zero-order chi connectivity index (χ0) is 20.3. The summed E-state index contributed by atoms with van der Waals surface area (Å²) in [6.07, 6.45) is -0.457. The van der Waals surface area contributed by atoms with Gasteiger partial charge in [0, 0.05) is 24.3 Å². The van der Waals surface area contributed by atoms with Crippen molar-refractivity contribution < 1.29 is 29.1 Å². The molecule has 1 aromatic rings. The zero-order valence-corrected chi connectivity index (χ0v) is 15.4. The maximum absolute atomic E-state index is 12.7. The number of likely N-dealkylation sites (tertiary alicyclic amines) is 1. The summed E-state index contributed by atoms with van der Waals surface area (Å²) in [5.41, 5.74) is 6.56. The number of nitrogens with two attached hydrogens (primary N) is 1. The Morgan fingerprint density at radius 2 is 1.89 bits per heavy atom. The summed E-state index contributed by atoms with van der Waals surface area (Å²) in [5, 5.41) is 11.6. The van der Waals surface area contributed by atoms with Crippen LogP contribution in [0.5, 0.6) is 0 Å². The molecule has 0 aliphatic carbocycles. The highest BCUT2D eigenvalue weighted by Crippen LogP contribution is 2.25. The highest BCUT2D eigenvalue weighted by molar-refractivity contribution is 5.99. The smallest absolute Gasteiger partial charge is 0.415 e. The zero-order valence-electron chi connectivity index (χ0n) is 15.4. The second-order valence-corrected chi connectivity index (χ2v) is 6.64. The highest BCUT2D eigenvalue weighted by Gasteiger charge is 2.40. The van der Waals surface area contributed by atoms with Crippen LogP contribution in [0.2, 0.25) is 0 Å². The predicted molar refractivity (Wildman–Crippen MR) is 97.9 cm³/mol. The van der Waals surface area contributed by atoms with Crippen LogP contribution in [0.25, 0.3) is 0 Å². The molecule has 2 aliphatic rings. The Labute approximate surface area is 161 Å². The average molecular weight is 390 g/mol. The maximum atomic E-state index is 12.7. The van der Waals surface area contributed by atoms with Crippen molar-refractivity contribution in [2.75, 3.05) is 31.6 Å². The molecule has 10 nitrogen and oxygen atoms in total. The van der Waals surface area contributed by atoms with Crippen molar-refractivity contribution in [3.8, 4) is 0 Å². The lowest BCUT2D eigenvalue weighted by Gasteiger charge is -2.31. The number of hydrogen-bond acceptors (Lipinski definition) is 7. The van der Waals surface area contributed by atoms with Crippen LogP contribution in [0.15, 0.2) is 29.4 Å². The van der Waals surface area contributed by atoms with Crippen molar-refractivity contribution in [1.82, 2.24) is 4.90 Å². The lowest BCUT2D eigenvalue weighted by molar-refractivity contribution is -0.150. The summed E-state index contributed by atoms with van der Waals surface area (Å²) in [6.45, 7) is 0.930.